The summed E-state index contributed by atoms with van der Waals surface area (Å²) >= 11 is 0. The number of carbonyl (C=O) groups is 2. The minimum atomic E-state index is -0.417. The molecule has 4 aliphatic rings. The molecule has 0 spiro atoms. The number of rotatable bonds is 3. The first-order chi connectivity index (χ1) is 18.0. The van der Waals surface area contributed by atoms with Gasteiger partial charge in [0.05, 0.1) is 18.1 Å². The summed E-state index contributed by atoms with van der Waals surface area (Å²) < 4.78 is 2.18. The van der Waals surface area contributed by atoms with Crippen LogP contribution in [0.4, 0.5) is 0 Å². The van der Waals surface area contributed by atoms with Crippen molar-refractivity contribution >= 4 is 18.0 Å². The number of hydrazone groups is 1. The molecular weight excluding hydrogens is 458 g/mol. The SMILES string of the molecule is Cc1cccc(-n2c(C)cc(/C=N\N3C(=O)[C@H]4C5c6ccccc6C(c6ccccc65)[C@@H]4C3=O)c2C)c1. The molecule has 3 aliphatic carbocycles. The van der Waals surface area contributed by atoms with Crippen LogP contribution in [0.3, 0.4) is 0 Å². The maximum Gasteiger partial charge on any atom is 0.254 e. The first-order valence-electron chi connectivity index (χ1n) is 12.8. The summed E-state index contributed by atoms with van der Waals surface area (Å²) in [6.45, 7) is 6.17. The quantitative estimate of drug-likeness (QED) is 0.279. The van der Waals surface area contributed by atoms with E-state index in [1.165, 1.54) is 27.8 Å². The van der Waals surface area contributed by atoms with Gasteiger partial charge in [-0.3, -0.25) is 9.59 Å². The molecule has 4 aromatic rings. The molecule has 0 saturated carbocycles. The van der Waals surface area contributed by atoms with Crippen LogP contribution in [0.5, 0.6) is 0 Å². The Bertz CT molecular complexity index is 1530. The lowest BCUT2D eigenvalue weighted by Crippen LogP contribution is -2.41. The van der Waals surface area contributed by atoms with E-state index in [1.807, 2.05) is 37.3 Å². The monoisotopic (exact) mass is 485 g/mol. The van der Waals surface area contributed by atoms with Crippen LogP contribution in [-0.4, -0.2) is 27.6 Å². The normalized spacial score (nSPS) is 23.5. The zero-order chi connectivity index (χ0) is 25.4. The van der Waals surface area contributed by atoms with Crippen molar-refractivity contribution in [1.82, 2.24) is 9.58 Å². The third-order valence-electron chi connectivity index (χ3n) is 8.47. The Balaban J connectivity index is 1.27. The van der Waals surface area contributed by atoms with Crippen LogP contribution >= 0.6 is 0 Å². The summed E-state index contributed by atoms with van der Waals surface area (Å²) in [5.41, 5.74) is 9.92. The predicted molar refractivity (Wildman–Crippen MR) is 143 cm³/mol. The van der Waals surface area contributed by atoms with Crippen molar-refractivity contribution in [3.8, 4) is 5.69 Å². The summed E-state index contributed by atoms with van der Waals surface area (Å²) in [6.07, 6.45) is 1.67. The number of amides is 2. The van der Waals surface area contributed by atoms with Gasteiger partial charge in [0.25, 0.3) is 11.8 Å². The van der Waals surface area contributed by atoms with Crippen LogP contribution in [0.15, 0.2) is 84.0 Å². The number of benzene rings is 3. The van der Waals surface area contributed by atoms with Gasteiger partial charge in [-0.2, -0.15) is 10.1 Å². The fraction of sp³-hybridized carbons (Fsp3) is 0.219. The molecule has 1 aromatic heterocycles. The molecule has 0 radical (unpaired) electrons. The predicted octanol–water partition coefficient (Wildman–Crippen LogP) is 5.63. The molecule has 1 aliphatic heterocycles. The number of aromatic nitrogens is 1. The molecular formula is C32H27N3O2. The molecule has 182 valence electrons. The highest BCUT2D eigenvalue weighted by Crippen LogP contribution is 2.60. The Morgan fingerprint density at radius 3 is 1.76 bits per heavy atom. The summed E-state index contributed by atoms with van der Waals surface area (Å²) in [5.74, 6) is -1.47. The van der Waals surface area contributed by atoms with Crippen molar-refractivity contribution in [2.75, 3.05) is 0 Å². The molecule has 5 heteroatoms. The third-order valence-corrected chi connectivity index (χ3v) is 8.47. The molecule has 3 aromatic carbocycles. The molecule has 0 N–H and O–H groups in total. The number of hydrogen-bond donors (Lipinski definition) is 0. The number of aryl methyl sites for hydroxylation is 2. The van der Waals surface area contributed by atoms with Crippen LogP contribution in [0.1, 0.15) is 56.6 Å². The zero-order valence-electron chi connectivity index (χ0n) is 21.1. The first-order valence-corrected chi connectivity index (χ1v) is 12.8. The van der Waals surface area contributed by atoms with E-state index in [-0.39, 0.29) is 23.7 Å². The van der Waals surface area contributed by atoms with Gasteiger partial charge >= 0.3 is 0 Å². The summed E-state index contributed by atoms with van der Waals surface area (Å²) in [5, 5.41) is 5.67. The lowest BCUT2D eigenvalue weighted by molar-refractivity contribution is -0.139. The standard InChI is InChI=1S/C32H27N3O2/c1-18-9-8-10-22(15-18)34-19(2)16-21(20(34)3)17-33-35-31(36)29-27-23-11-4-5-12-24(23)28(30(29)32(35)37)26-14-7-6-13-25(26)27/h4-17,27-30H,1-3H3/b33-17-/t27?,28?,29-,30-/m0/s1. The van der Waals surface area contributed by atoms with Crippen molar-refractivity contribution in [3.05, 3.63) is 124 Å². The Hall–Kier alpha value is -4.25. The van der Waals surface area contributed by atoms with Gasteiger partial charge in [-0.15, -0.1) is 0 Å². The van der Waals surface area contributed by atoms with E-state index in [1.54, 1.807) is 6.21 Å². The highest BCUT2D eigenvalue weighted by molar-refractivity contribution is 6.08. The first kappa shape index (κ1) is 22.0. The van der Waals surface area contributed by atoms with Gasteiger partial charge < -0.3 is 4.57 Å². The molecule has 2 amide bonds. The molecule has 1 saturated heterocycles. The van der Waals surface area contributed by atoms with Crippen molar-refractivity contribution < 1.29 is 9.59 Å². The van der Waals surface area contributed by atoms with Gasteiger partial charge in [-0.1, -0.05) is 60.7 Å². The highest BCUT2D eigenvalue weighted by atomic mass is 16.2. The van der Waals surface area contributed by atoms with Gasteiger partial charge in [-0.05, 0) is 66.8 Å². The lowest BCUT2D eigenvalue weighted by Gasteiger charge is -2.45. The minimum Gasteiger partial charge on any atom is -0.318 e. The maximum atomic E-state index is 13.8. The Labute approximate surface area is 216 Å². The number of nitrogens with zero attached hydrogens (tertiary/aromatic N) is 3. The van der Waals surface area contributed by atoms with Crippen LogP contribution < -0.4 is 0 Å². The second-order valence-electron chi connectivity index (χ2n) is 10.5. The topological polar surface area (TPSA) is 54.7 Å². The van der Waals surface area contributed by atoms with Crippen LogP contribution in [0, 0.1) is 32.6 Å². The van der Waals surface area contributed by atoms with Crippen LogP contribution in [-0.2, 0) is 9.59 Å². The van der Waals surface area contributed by atoms with E-state index in [0.29, 0.717) is 0 Å². The maximum absolute atomic E-state index is 13.8. The fourth-order valence-electron chi connectivity index (χ4n) is 6.98. The Morgan fingerprint density at radius 1 is 0.703 bits per heavy atom. The minimum absolute atomic E-state index is 0.120. The Morgan fingerprint density at radius 2 is 1.24 bits per heavy atom. The molecule has 0 unspecified atom stereocenters. The lowest BCUT2D eigenvalue weighted by atomic mass is 9.55. The molecule has 8 rings (SSSR count). The molecule has 2 heterocycles. The second kappa shape index (κ2) is 7.87. The number of hydrogen-bond acceptors (Lipinski definition) is 3. The van der Waals surface area contributed by atoms with Crippen molar-refractivity contribution in [1.29, 1.82) is 0 Å². The van der Waals surface area contributed by atoms with Crippen LogP contribution in [0.2, 0.25) is 0 Å². The van der Waals surface area contributed by atoms with E-state index in [2.05, 4.69) is 72.0 Å². The van der Waals surface area contributed by atoms with Crippen LogP contribution in [0.25, 0.3) is 5.69 Å². The summed E-state index contributed by atoms with van der Waals surface area (Å²) in [7, 11) is 0. The summed E-state index contributed by atoms with van der Waals surface area (Å²) in [4.78, 5) is 27.6. The van der Waals surface area contributed by atoms with Gasteiger partial charge in [-0.25, -0.2) is 0 Å². The van der Waals surface area contributed by atoms with E-state index >= 15 is 0 Å². The molecule has 1 fully saturated rings. The fourth-order valence-corrected chi connectivity index (χ4v) is 6.98. The van der Waals surface area contributed by atoms with Gasteiger partial charge in [0.1, 0.15) is 0 Å². The largest absolute Gasteiger partial charge is 0.318 e. The Kier molecular flexibility index (Phi) is 4.68. The average molecular weight is 486 g/mol. The van der Waals surface area contributed by atoms with E-state index < -0.39 is 11.8 Å². The third kappa shape index (κ3) is 3.00. The van der Waals surface area contributed by atoms with Crippen molar-refractivity contribution in [3.63, 3.8) is 0 Å². The van der Waals surface area contributed by atoms with Crippen molar-refractivity contribution in [2.45, 2.75) is 32.6 Å². The summed E-state index contributed by atoms with van der Waals surface area (Å²) in [6, 6.07) is 27.0. The van der Waals surface area contributed by atoms with Crippen molar-refractivity contribution in [2.24, 2.45) is 16.9 Å². The molecule has 2 bridgehead atoms. The van der Waals surface area contributed by atoms with Gasteiger partial charge in [0.15, 0.2) is 0 Å². The highest BCUT2D eigenvalue weighted by Gasteiger charge is 2.61. The van der Waals surface area contributed by atoms with E-state index in [4.69, 9.17) is 0 Å². The zero-order valence-corrected chi connectivity index (χ0v) is 21.1. The molecule has 2 atom stereocenters. The second-order valence-corrected chi connectivity index (χ2v) is 10.5. The van der Waals surface area contributed by atoms with E-state index in [0.717, 1.165) is 27.6 Å². The number of imide groups is 1. The smallest absolute Gasteiger partial charge is 0.254 e. The molecule has 5 nitrogen and oxygen atoms in total. The average Bonchev–Trinajstić information content (AvgIpc) is 3.34. The number of carbonyl (C=O) groups excluding carboxylic acids is 2. The molecule has 37 heavy (non-hydrogen) atoms. The van der Waals surface area contributed by atoms with Gasteiger partial charge in [0, 0.05) is 34.5 Å². The van der Waals surface area contributed by atoms with E-state index in [9.17, 15) is 9.59 Å². The van der Waals surface area contributed by atoms with Gasteiger partial charge in [0.2, 0.25) is 0 Å².